The third kappa shape index (κ3) is 4.86. The highest BCUT2D eigenvalue weighted by Gasteiger charge is 2.25. The summed E-state index contributed by atoms with van der Waals surface area (Å²) in [6.07, 6.45) is 3.32. The molecule has 0 aromatic rings. The highest BCUT2D eigenvalue weighted by molar-refractivity contribution is 9.11. The van der Waals surface area contributed by atoms with Gasteiger partial charge in [0, 0.05) is 17.6 Å². The molecule has 0 saturated carbocycles. The van der Waals surface area contributed by atoms with Crippen LogP contribution in [0.15, 0.2) is 34.9 Å². The third-order valence-electron chi connectivity index (χ3n) is 2.83. The molecule has 0 radical (unpaired) electrons. The van der Waals surface area contributed by atoms with Crippen molar-refractivity contribution in [1.82, 2.24) is 4.90 Å². The van der Waals surface area contributed by atoms with Crippen LogP contribution in [0.25, 0.3) is 0 Å². The minimum Gasteiger partial charge on any atom is -0.444 e. The summed E-state index contributed by atoms with van der Waals surface area (Å²) in [5.74, 6) is 0. The van der Waals surface area contributed by atoms with Crippen molar-refractivity contribution in [2.24, 2.45) is 0 Å². The number of ether oxygens (including phenoxy) is 1. The van der Waals surface area contributed by atoms with Crippen LogP contribution in [0.1, 0.15) is 33.6 Å². The summed E-state index contributed by atoms with van der Waals surface area (Å²) in [6.45, 7) is 14.6. The Labute approximate surface area is 124 Å². The number of amides is 1. The van der Waals surface area contributed by atoms with E-state index in [1.807, 2.05) is 20.8 Å². The molecule has 19 heavy (non-hydrogen) atoms. The lowest BCUT2D eigenvalue weighted by atomic mass is 10.0. The summed E-state index contributed by atoms with van der Waals surface area (Å²) < 4.78 is 6.29. The number of nitrogens with zero attached hydrogens (tertiary/aromatic N) is 1. The Bertz CT molecular complexity index is 418. The summed E-state index contributed by atoms with van der Waals surface area (Å²) in [5.41, 5.74) is 1.70. The van der Waals surface area contributed by atoms with Gasteiger partial charge in [0.05, 0.1) is 0 Å². The Morgan fingerprint density at radius 2 is 2.11 bits per heavy atom. The van der Waals surface area contributed by atoms with Crippen LogP contribution in [0.5, 0.6) is 0 Å². The largest absolute Gasteiger partial charge is 0.444 e. The van der Waals surface area contributed by atoms with Crippen molar-refractivity contribution < 1.29 is 9.53 Å². The van der Waals surface area contributed by atoms with Crippen LogP contribution in [-0.2, 0) is 4.74 Å². The van der Waals surface area contributed by atoms with Crippen molar-refractivity contribution in [1.29, 1.82) is 0 Å². The van der Waals surface area contributed by atoms with Gasteiger partial charge in [-0.1, -0.05) is 35.2 Å². The first kappa shape index (κ1) is 16.0. The zero-order valence-electron chi connectivity index (χ0n) is 12.0. The van der Waals surface area contributed by atoms with Crippen molar-refractivity contribution in [3.63, 3.8) is 0 Å². The first-order valence-corrected chi connectivity index (χ1v) is 7.21. The molecule has 1 aliphatic heterocycles. The van der Waals surface area contributed by atoms with E-state index >= 15 is 0 Å². The lowest BCUT2D eigenvalue weighted by molar-refractivity contribution is 0.0270. The summed E-state index contributed by atoms with van der Waals surface area (Å²) in [7, 11) is 0. The molecule has 0 saturated heterocycles. The van der Waals surface area contributed by atoms with Crippen LogP contribution in [0.4, 0.5) is 4.79 Å². The molecule has 1 rings (SSSR count). The second-order valence-corrected chi connectivity index (χ2v) is 6.58. The molecular weight excluding hydrogens is 306 g/mol. The highest BCUT2D eigenvalue weighted by atomic mass is 79.9. The van der Waals surface area contributed by atoms with E-state index in [2.05, 4.69) is 29.1 Å². The fourth-order valence-electron chi connectivity index (χ4n) is 1.97. The summed E-state index contributed by atoms with van der Waals surface area (Å²) >= 11 is 3.42. The van der Waals surface area contributed by atoms with Gasteiger partial charge in [-0.05, 0) is 44.8 Å². The van der Waals surface area contributed by atoms with Gasteiger partial charge in [0.2, 0.25) is 0 Å². The van der Waals surface area contributed by atoms with Crippen LogP contribution in [0.3, 0.4) is 0 Å². The van der Waals surface area contributed by atoms with Crippen molar-refractivity contribution in [2.45, 2.75) is 39.2 Å². The summed E-state index contributed by atoms with van der Waals surface area (Å²) in [6, 6.07) is 0. The van der Waals surface area contributed by atoms with E-state index in [0.717, 1.165) is 28.5 Å². The third-order valence-corrected chi connectivity index (χ3v) is 3.31. The van der Waals surface area contributed by atoms with Gasteiger partial charge in [0.1, 0.15) is 5.60 Å². The maximum absolute atomic E-state index is 12.1. The molecule has 0 aromatic heterocycles. The lowest BCUT2D eigenvalue weighted by Gasteiger charge is -2.26. The van der Waals surface area contributed by atoms with E-state index in [1.54, 1.807) is 11.0 Å². The molecule has 1 aliphatic rings. The van der Waals surface area contributed by atoms with E-state index < -0.39 is 5.60 Å². The molecule has 106 valence electrons. The maximum atomic E-state index is 12.1. The average molecular weight is 328 g/mol. The number of hydrogen-bond donors (Lipinski definition) is 0. The quantitative estimate of drug-likeness (QED) is 0.751. The maximum Gasteiger partial charge on any atom is 0.410 e. The van der Waals surface area contributed by atoms with Gasteiger partial charge in [0.25, 0.3) is 0 Å². The molecule has 0 aromatic carbocycles. The smallest absolute Gasteiger partial charge is 0.410 e. The SMILES string of the molecule is C=CC1=C(C(=C)Br)CCCN(C(=O)OC(C)(C)C)C1. The van der Waals surface area contributed by atoms with Crippen LogP contribution < -0.4 is 0 Å². The first-order chi connectivity index (χ1) is 8.74. The molecule has 0 N–H and O–H groups in total. The predicted octanol–water partition coefficient (Wildman–Crippen LogP) is 4.41. The Balaban J connectivity index is 2.88. The van der Waals surface area contributed by atoms with E-state index in [1.165, 1.54) is 0 Å². The van der Waals surface area contributed by atoms with Gasteiger partial charge < -0.3 is 9.64 Å². The van der Waals surface area contributed by atoms with E-state index in [0.29, 0.717) is 13.1 Å². The normalized spacial score (nSPS) is 16.9. The highest BCUT2D eigenvalue weighted by Crippen LogP contribution is 2.28. The minimum absolute atomic E-state index is 0.270. The predicted molar refractivity (Wildman–Crippen MR) is 82.3 cm³/mol. The van der Waals surface area contributed by atoms with E-state index in [4.69, 9.17) is 4.74 Å². The molecule has 4 heteroatoms. The second-order valence-electron chi connectivity index (χ2n) is 5.62. The number of rotatable bonds is 2. The molecule has 1 amide bonds. The average Bonchev–Trinajstić information content (AvgIpc) is 2.48. The number of carbonyl (C=O) groups excluding carboxylic acids is 1. The second kappa shape index (κ2) is 6.42. The topological polar surface area (TPSA) is 29.5 Å². The van der Waals surface area contributed by atoms with Gasteiger partial charge >= 0.3 is 6.09 Å². The monoisotopic (exact) mass is 327 g/mol. The molecule has 0 unspecified atom stereocenters. The van der Waals surface area contributed by atoms with Crippen LogP contribution in [0.2, 0.25) is 0 Å². The molecule has 1 heterocycles. The Kier molecular flexibility index (Phi) is 5.41. The van der Waals surface area contributed by atoms with Gasteiger partial charge in [-0.15, -0.1) is 0 Å². The molecular formula is C15H22BrNO2. The van der Waals surface area contributed by atoms with Crippen molar-refractivity contribution in [3.8, 4) is 0 Å². The van der Waals surface area contributed by atoms with Crippen molar-refractivity contribution in [2.75, 3.05) is 13.1 Å². The first-order valence-electron chi connectivity index (χ1n) is 6.42. The molecule has 0 bridgehead atoms. The summed E-state index contributed by atoms with van der Waals surface area (Å²) in [4.78, 5) is 13.8. The van der Waals surface area contributed by atoms with Crippen molar-refractivity contribution >= 4 is 22.0 Å². The Morgan fingerprint density at radius 1 is 1.47 bits per heavy atom. The Morgan fingerprint density at radius 3 is 2.58 bits per heavy atom. The molecule has 0 aliphatic carbocycles. The number of hydrogen-bond acceptors (Lipinski definition) is 2. The number of halogens is 1. The van der Waals surface area contributed by atoms with Crippen molar-refractivity contribution in [3.05, 3.63) is 34.9 Å². The van der Waals surface area contributed by atoms with E-state index in [9.17, 15) is 4.79 Å². The van der Waals surface area contributed by atoms with Crippen LogP contribution >= 0.6 is 15.9 Å². The zero-order chi connectivity index (χ0) is 14.6. The fraction of sp³-hybridized carbons (Fsp3) is 0.533. The summed E-state index contributed by atoms with van der Waals surface area (Å²) in [5, 5.41) is 0. The number of allylic oxidation sites excluding steroid dienone is 2. The Hall–Kier alpha value is -1.03. The number of carbonyl (C=O) groups is 1. The lowest BCUT2D eigenvalue weighted by Crippen LogP contribution is -2.37. The van der Waals surface area contributed by atoms with Crippen LogP contribution in [-0.4, -0.2) is 29.7 Å². The molecule has 3 nitrogen and oxygen atoms in total. The minimum atomic E-state index is -0.469. The molecule has 0 atom stereocenters. The van der Waals surface area contributed by atoms with Gasteiger partial charge in [-0.2, -0.15) is 0 Å². The van der Waals surface area contributed by atoms with E-state index in [-0.39, 0.29) is 6.09 Å². The molecule has 0 fully saturated rings. The van der Waals surface area contributed by atoms with Gasteiger partial charge in [-0.25, -0.2) is 4.79 Å². The van der Waals surface area contributed by atoms with Gasteiger partial charge in [0.15, 0.2) is 0 Å². The standard InChI is InChI=1S/C15H22BrNO2/c1-6-12-10-17(14(18)19-15(3,4)5)9-7-8-13(12)11(2)16/h6H,1-2,7-10H2,3-5H3. The molecule has 0 spiro atoms. The van der Waals surface area contributed by atoms with Crippen LogP contribution in [0, 0.1) is 0 Å². The van der Waals surface area contributed by atoms with Gasteiger partial charge in [-0.3, -0.25) is 0 Å². The fourth-order valence-corrected chi connectivity index (χ4v) is 2.42. The zero-order valence-corrected chi connectivity index (χ0v) is 13.5.